The van der Waals surface area contributed by atoms with Gasteiger partial charge in [0.1, 0.15) is 13.2 Å². The number of hydrogen-bond donors (Lipinski definition) is 0. The zero-order chi connectivity index (χ0) is 21.1. The van der Waals surface area contributed by atoms with Gasteiger partial charge in [-0.15, -0.1) is 0 Å². The molecule has 0 spiro atoms. The fourth-order valence-corrected chi connectivity index (χ4v) is 3.87. The molecule has 1 aliphatic heterocycles. The quantitative estimate of drug-likeness (QED) is 0.622. The number of amides is 1. The van der Waals surface area contributed by atoms with E-state index in [4.69, 9.17) is 9.47 Å². The van der Waals surface area contributed by atoms with Gasteiger partial charge in [0.25, 0.3) is 5.91 Å². The Balaban J connectivity index is 1.59. The SMILES string of the molecule is CCN(Cc1cccc2c1OCCO2)C(=O)c1c(C)nn(Cc2ccccc2)c1C. The minimum atomic E-state index is -0.0128. The number of fused-ring (bicyclic) bond motifs is 1. The first kappa shape index (κ1) is 20.0. The first-order chi connectivity index (χ1) is 14.6. The monoisotopic (exact) mass is 405 g/mol. The molecule has 2 heterocycles. The van der Waals surface area contributed by atoms with Crippen LogP contribution >= 0.6 is 0 Å². The van der Waals surface area contributed by atoms with Gasteiger partial charge in [-0.3, -0.25) is 9.48 Å². The second kappa shape index (κ2) is 8.61. The van der Waals surface area contributed by atoms with Crippen molar-refractivity contribution in [1.82, 2.24) is 14.7 Å². The van der Waals surface area contributed by atoms with Crippen molar-refractivity contribution < 1.29 is 14.3 Å². The molecule has 6 nitrogen and oxygen atoms in total. The van der Waals surface area contributed by atoms with Gasteiger partial charge in [-0.25, -0.2) is 0 Å². The molecule has 0 bridgehead atoms. The van der Waals surface area contributed by atoms with Crippen molar-refractivity contribution in [3.8, 4) is 11.5 Å². The lowest BCUT2D eigenvalue weighted by atomic mass is 10.1. The summed E-state index contributed by atoms with van der Waals surface area (Å²) >= 11 is 0. The molecular weight excluding hydrogens is 378 g/mol. The molecule has 1 aromatic heterocycles. The summed E-state index contributed by atoms with van der Waals surface area (Å²) in [5.41, 5.74) is 4.42. The standard InChI is InChI=1S/C24H27N3O3/c1-4-26(16-20-11-8-12-21-23(20)30-14-13-29-21)24(28)22-17(2)25-27(18(22)3)15-19-9-6-5-7-10-19/h5-12H,4,13-16H2,1-3H3. The Kier molecular flexibility index (Phi) is 5.74. The molecule has 0 unspecified atom stereocenters. The Morgan fingerprint density at radius 2 is 1.83 bits per heavy atom. The number of benzene rings is 2. The van der Waals surface area contributed by atoms with Crippen LogP contribution in [0.25, 0.3) is 0 Å². The van der Waals surface area contributed by atoms with Gasteiger partial charge in [-0.2, -0.15) is 5.10 Å². The van der Waals surface area contributed by atoms with E-state index >= 15 is 0 Å². The summed E-state index contributed by atoms with van der Waals surface area (Å²) in [6, 6.07) is 16.0. The highest BCUT2D eigenvalue weighted by Gasteiger charge is 2.25. The molecule has 0 N–H and O–H groups in total. The topological polar surface area (TPSA) is 56.6 Å². The van der Waals surface area contributed by atoms with Crippen LogP contribution in [0.15, 0.2) is 48.5 Å². The predicted molar refractivity (Wildman–Crippen MR) is 115 cm³/mol. The van der Waals surface area contributed by atoms with E-state index in [0.29, 0.717) is 38.4 Å². The summed E-state index contributed by atoms with van der Waals surface area (Å²) in [5.74, 6) is 1.47. The van der Waals surface area contributed by atoms with Crippen LogP contribution < -0.4 is 9.47 Å². The molecule has 1 amide bonds. The van der Waals surface area contributed by atoms with Crippen LogP contribution in [-0.2, 0) is 13.1 Å². The zero-order valence-corrected chi connectivity index (χ0v) is 17.7. The van der Waals surface area contributed by atoms with Crippen molar-refractivity contribution in [3.05, 3.63) is 76.6 Å². The van der Waals surface area contributed by atoms with Gasteiger partial charge >= 0.3 is 0 Å². The number of rotatable bonds is 6. The Morgan fingerprint density at radius 1 is 1.07 bits per heavy atom. The summed E-state index contributed by atoms with van der Waals surface area (Å²) < 4.78 is 13.4. The molecule has 4 rings (SSSR count). The number of nitrogens with zero attached hydrogens (tertiary/aromatic N) is 3. The van der Waals surface area contributed by atoms with E-state index < -0.39 is 0 Å². The van der Waals surface area contributed by atoms with Crippen LogP contribution in [-0.4, -0.2) is 40.3 Å². The first-order valence-electron chi connectivity index (χ1n) is 10.3. The number of para-hydroxylation sites is 1. The van der Waals surface area contributed by atoms with Crippen molar-refractivity contribution in [2.75, 3.05) is 19.8 Å². The third-order valence-corrected chi connectivity index (χ3v) is 5.45. The van der Waals surface area contributed by atoms with Crippen LogP contribution in [0.2, 0.25) is 0 Å². The summed E-state index contributed by atoms with van der Waals surface area (Å²) in [5, 5.41) is 4.64. The molecule has 6 heteroatoms. The van der Waals surface area contributed by atoms with Gasteiger partial charge in [0.15, 0.2) is 11.5 Å². The van der Waals surface area contributed by atoms with E-state index in [1.807, 2.05) is 66.8 Å². The zero-order valence-electron chi connectivity index (χ0n) is 17.7. The fourth-order valence-electron chi connectivity index (χ4n) is 3.87. The molecule has 0 saturated carbocycles. The van der Waals surface area contributed by atoms with Crippen molar-refractivity contribution in [3.63, 3.8) is 0 Å². The maximum Gasteiger partial charge on any atom is 0.257 e. The Morgan fingerprint density at radius 3 is 2.60 bits per heavy atom. The van der Waals surface area contributed by atoms with E-state index in [2.05, 4.69) is 17.2 Å². The maximum absolute atomic E-state index is 13.5. The maximum atomic E-state index is 13.5. The lowest BCUT2D eigenvalue weighted by molar-refractivity contribution is 0.0747. The largest absolute Gasteiger partial charge is 0.486 e. The normalized spacial score (nSPS) is 12.6. The molecule has 0 aliphatic carbocycles. The molecule has 30 heavy (non-hydrogen) atoms. The highest BCUT2D eigenvalue weighted by Crippen LogP contribution is 2.34. The second-order valence-corrected chi connectivity index (χ2v) is 7.45. The molecule has 0 radical (unpaired) electrons. The molecule has 0 saturated heterocycles. The molecule has 156 valence electrons. The van der Waals surface area contributed by atoms with Gasteiger partial charge < -0.3 is 14.4 Å². The highest BCUT2D eigenvalue weighted by atomic mass is 16.6. The van der Waals surface area contributed by atoms with Crippen molar-refractivity contribution in [2.45, 2.75) is 33.9 Å². The molecular formula is C24H27N3O3. The van der Waals surface area contributed by atoms with Gasteiger partial charge in [-0.1, -0.05) is 42.5 Å². The predicted octanol–water partition coefficient (Wildman–Crippen LogP) is 3.98. The Hall–Kier alpha value is -3.28. The van der Waals surface area contributed by atoms with Crippen LogP contribution in [0.1, 0.15) is 39.8 Å². The number of aromatic nitrogens is 2. The number of ether oxygens (including phenoxy) is 2. The third-order valence-electron chi connectivity index (χ3n) is 5.45. The average molecular weight is 405 g/mol. The number of carbonyl (C=O) groups is 1. The van der Waals surface area contributed by atoms with E-state index in [1.165, 1.54) is 0 Å². The van der Waals surface area contributed by atoms with Crippen LogP contribution in [0.4, 0.5) is 0 Å². The number of hydrogen-bond acceptors (Lipinski definition) is 4. The van der Waals surface area contributed by atoms with Crippen LogP contribution in [0.5, 0.6) is 11.5 Å². The summed E-state index contributed by atoms with van der Waals surface area (Å²) in [6.07, 6.45) is 0. The van der Waals surface area contributed by atoms with Crippen molar-refractivity contribution >= 4 is 5.91 Å². The lowest BCUT2D eigenvalue weighted by Crippen LogP contribution is -2.31. The smallest absolute Gasteiger partial charge is 0.257 e. The Labute approximate surface area is 177 Å². The minimum Gasteiger partial charge on any atom is -0.486 e. The van der Waals surface area contributed by atoms with E-state index in [-0.39, 0.29) is 5.91 Å². The van der Waals surface area contributed by atoms with Crippen molar-refractivity contribution in [2.24, 2.45) is 0 Å². The molecule has 1 aliphatic rings. The molecule has 0 fully saturated rings. The van der Waals surface area contributed by atoms with Crippen molar-refractivity contribution in [1.29, 1.82) is 0 Å². The molecule has 2 aromatic carbocycles. The van der Waals surface area contributed by atoms with Crippen LogP contribution in [0.3, 0.4) is 0 Å². The average Bonchev–Trinajstić information content (AvgIpc) is 3.05. The van der Waals surface area contributed by atoms with E-state index in [9.17, 15) is 4.79 Å². The third kappa shape index (κ3) is 3.90. The molecule has 0 atom stereocenters. The molecule has 3 aromatic rings. The van der Waals surface area contributed by atoms with Gasteiger partial charge in [0.2, 0.25) is 0 Å². The fraction of sp³-hybridized carbons (Fsp3) is 0.333. The Bertz CT molecular complexity index is 1040. The number of carbonyl (C=O) groups excluding carboxylic acids is 1. The van der Waals surface area contributed by atoms with E-state index in [0.717, 1.165) is 34.0 Å². The summed E-state index contributed by atoms with van der Waals surface area (Å²) in [4.78, 5) is 15.3. The second-order valence-electron chi connectivity index (χ2n) is 7.45. The van der Waals surface area contributed by atoms with Gasteiger partial charge in [0.05, 0.1) is 17.8 Å². The van der Waals surface area contributed by atoms with Gasteiger partial charge in [-0.05, 0) is 32.4 Å². The number of aryl methyl sites for hydroxylation is 1. The van der Waals surface area contributed by atoms with Gasteiger partial charge in [0, 0.05) is 24.3 Å². The highest BCUT2D eigenvalue weighted by molar-refractivity contribution is 5.96. The minimum absolute atomic E-state index is 0.0128. The summed E-state index contributed by atoms with van der Waals surface area (Å²) in [6.45, 7) is 8.62. The van der Waals surface area contributed by atoms with Crippen LogP contribution in [0, 0.1) is 13.8 Å². The van der Waals surface area contributed by atoms with E-state index in [1.54, 1.807) is 0 Å². The lowest BCUT2D eigenvalue weighted by Gasteiger charge is -2.25. The first-order valence-corrected chi connectivity index (χ1v) is 10.3. The summed E-state index contributed by atoms with van der Waals surface area (Å²) in [7, 11) is 0.